The van der Waals surface area contributed by atoms with Crippen LogP contribution in [0.5, 0.6) is 0 Å². The van der Waals surface area contributed by atoms with E-state index in [-0.39, 0.29) is 35.0 Å². The Morgan fingerprint density at radius 1 is 1.24 bits per heavy atom. The van der Waals surface area contributed by atoms with Crippen LogP contribution in [0.15, 0.2) is 49.4 Å². The van der Waals surface area contributed by atoms with Gasteiger partial charge >= 0.3 is 0 Å². The van der Waals surface area contributed by atoms with Crippen LogP contribution in [-0.2, 0) is 4.79 Å². The van der Waals surface area contributed by atoms with Crippen LogP contribution in [0.1, 0.15) is 29.2 Å². The predicted molar refractivity (Wildman–Crippen MR) is 121 cm³/mol. The van der Waals surface area contributed by atoms with Crippen molar-refractivity contribution < 1.29 is 18.4 Å². The lowest BCUT2D eigenvalue weighted by Crippen LogP contribution is -2.39. The molecule has 1 unspecified atom stereocenters. The minimum Gasteiger partial charge on any atom is -0.365 e. The van der Waals surface area contributed by atoms with Crippen LogP contribution in [0, 0.1) is 11.6 Å². The number of rotatable bonds is 7. The first-order chi connectivity index (χ1) is 16.3. The normalized spacial score (nSPS) is 15.6. The van der Waals surface area contributed by atoms with Crippen LogP contribution in [0.4, 0.5) is 31.9 Å². The lowest BCUT2D eigenvalue weighted by Gasteiger charge is -2.32. The highest BCUT2D eigenvalue weighted by molar-refractivity contribution is 5.98. The Hall–Kier alpha value is -4.35. The Morgan fingerprint density at radius 2 is 2.06 bits per heavy atom. The molecule has 0 radical (unpaired) electrons. The summed E-state index contributed by atoms with van der Waals surface area (Å²) < 4.78 is 29.0. The van der Waals surface area contributed by atoms with Gasteiger partial charge in [0.2, 0.25) is 11.9 Å². The molecular weight excluding hydrogens is 446 g/mol. The van der Waals surface area contributed by atoms with Gasteiger partial charge in [0.15, 0.2) is 0 Å². The second-order valence-electron chi connectivity index (χ2n) is 7.69. The molecule has 2 aromatic heterocycles. The molecule has 3 aromatic rings. The van der Waals surface area contributed by atoms with Crippen LogP contribution in [0.25, 0.3) is 0 Å². The number of benzene rings is 1. The van der Waals surface area contributed by atoms with E-state index in [0.717, 1.165) is 18.9 Å². The number of anilines is 4. The van der Waals surface area contributed by atoms with Gasteiger partial charge in [-0.2, -0.15) is 10.1 Å². The summed E-state index contributed by atoms with van der Waals surface area (Å²) in [4.78, 5) is 33.7. The number of halogens is 2. The number of nitrogens with two attached hydrogens (primary N) is 1. The molecule has 0 spiro atoms. The summed E-state index contributed by atoms with van der Waals surface area (Å²) in [6, 6.07) is 2.96. The number of primary amides is 1. The van der Waals surface area contributed by atoms with E-state index in [1.165, 1.54) is 18.3 Å². The number of hydrogen-bond acceptors (Lipinski definition) is 7. The quantitative estimate of drug-likeness (QED) is 0.455. The van der Waals surface area contributed by atoms with Crippen molar-refractivity contribution in [2.75, 3.05) is 23.7 Å². The molecular formula is C22H22F2N8O2. The number of carbonyl (C=O) groups excluding carboxylic acids is 2. The molecule has 1 fully saturated rings. The number of nitrogens with one attached hydrogen (secondary N) is 2. The van der Waals surface area contributed by atoms with Crippen LogP contribution >= 0.6 is 0 Å². The molecule has 1 atom stereocenters. The Bertz CT molecular complexity index is 1250. The Kier molecular flexibility index (Phi) is 6.48. The van der Waals surface area contributed by atoms with Gasteiger partial charge in [0.25, 0.3) is 5.91 Å². The highest BCUT2D eigenvalue weighted by Gasteiger charge is 2.24. The summed E-state index contributed by atoms with van der Waals surface area (Å²) in [6.45, 7) is 4.73. The summed E-state index contributed by atoms with van der Waals surface area (Å²) in [5, 5.41) is 10.0. The van der Waals surface area contributed by atoms with Gasteiger partial charge < -0.3 is 21.3 Å². The monoisotopic (exact) mass is 468 g/mol. The van der Waals surface area contributed by atoms with Crippen LogP contribution in [-0.4, -0.2) is 49.6 Å². The van der Waals surface area contributed by atoms with Crippen molar-refractivity contribution >= 4 is 35.0 Å². The van der Waals surface area contributed by atoms with Gasteiger partial charge in [0, 0.05) is 31.5 Å². The molecule has 0 aliphatic carbocycles. The first kappa shape index (κ1) is 22.8. The number of aromatic nitrogens is 4. The summed E-state index contributed by atoms with van der Waals surface area (Å²) in [5.41, 5.74) is 5.79. The smallest absolute Gasteiger partial charge is 0.254 e. The Balaban J connectivity index is 1.53. The molecule has 0 saturated carbocycles. The molecule has 1 aliphatic rings. The molecule has 1 aliphatic heterocycles. The maximum Gasteiger partial charge on any atom is 0.254 e. The van der Waals surface area contributed by atoms with Gasteiger partial charge in [0.1, 0.15) is 23.0 Å². The summed E-state index contributed by atoms with van der Waals surface area (Å²) in [5.74, 6) is -2.48. The second-order valence-corrected chi connectivity index (χ2v) is 7.69. The number of carbonyl (C=O) groups is 2. The predicted octanol–water partition coefficient (Wildman–Crippen LogP) is 2.89. The topological polar surface area (TPSA) is 131 Å². The van der Waals surface area contributed by atoms with Crippen molar-refractivity contribution in [3.63, 3.8) is 0 Å². The molecule has 1 saturated heterocycles. The zero-order valence-electron chi connectivity index (χ0n) is 18.0. The van der Waals surface area contributed by atoms with E-state index in [1.54, 1.807) is 22.0 Å². The molecule has 0 bridgehead atoms. The van der Waals surface area contributed by atoms with E-state index in [4.69, 9.17) is 5.73 Å². The second kappa shape index (κ2) is 9.65. The third-order valence-electron chi connectivity index (χ3n) is 5.35. The third kappa shape index (κ3) is 5.00. The number of hydrogen-bond donors (Lipinski definition) is 3. The molecule has 176 valence electrons. The summed E-state index contributed by atoms with van der Waals surface area (Å²) >= 11 is 0. The standard InChI is InChI=1S/C22H22F2N8O2/c1-2-19(33)31-7-3-4-15(12-31)32-11-14(9-27-32)28-22-26-10-16(20(25)34)21(30-22)29-18-6-5-13(23)8-17(18)24/h2,5-6,8-11,15H,1,3-4,7,12H2,(H2,25,34)(H2,26,28,29,30). The maximum atomic E-state index is 14.1. The zero-order chi connectivity index (χ0) is 24.2. The zero-order valence-corrected chi connectivity index (χ0v) is 18.0. The molecule has 2 amide bonds. The summed E-state index contributed by atoms with van der Waals surface area (Å²) in [7, 11) is 0. The van der Waals surface area contributed by atoms with E-state index in [9.17, 15) is 18.4 Å². The van der Waals surface area contributed by atoms with E-state index >= 15 is 0 Å². The van der Waals surface area contributed by atoms with Crippen LogP contribution in [0.3, 0.4) is 0 Å². The van der Waals surface area contributed by atoms with E-state index in [2.05, 4.69) is 32.3 Å². The average molecular weight is 468 g/mol. The van der Waals surface area contributed by atoms with Gasteiger partial charge in [-0.15, -0.1) is 0 Å². The van der Waals surface area contributed by atoms with E-state index in [1.807, 2.05) is 0 Å². The minimum atomic E-state index is -0.860. The Morgan fingerprint density at radius 3 is 2.79 bits per heavy atom. The minimum absolute atomic E-state index is 0.00466. The first-order valence-corrected chi connectivity index (χ1v) is 10.5. The number of nitrogens with zero attached hydrogens (tertiary/aromatic N) is 5. The van der Waals surface area contributed by atoms with Crippen LogP contribution < -0.4 is 16.4 Å². The van der Waals surface area contributed by atoms with Crippen LogP contribution in [0.2, 0.25) is 0 Å². The number of likely N-dealkylation sites (tertiary alicyclic amines) is 1. The SMILES string of the molecule is C=CC(=O)N1CCCC(n2cc(Nc3ncc(C(N)=O)c(Nc4ccc(F)cc4F)n3)cn2)C1. The third-order valence-corrected chi connectivity index (χ3v) is 5.35. The van der Waals surface area contributed by atoms with E-state index in [0.29, 0.717) is 24.8 Å². The lowest BCUT2D eigenvalue weighted by molar-refractivity contribution is -0.127. The number of amides is 2. The van der Waals surface area contributed by atoms with Crippen molar-refractivity contribution in [2.45, 2.75) is 18.9 Å². The molecule has 12 heteroatoms. The maximum absolute atomic E-state index is 14.1. The summed E-state index contributed by atoms with van der Waals surface area (Å²) in [6.07, 6.45) is 7.54. The van der Waals surface area contributed by atoms with Crippen molar-refractivity contribution in [2.24, 2.45) is 5.73 Å². The molecule has 4 rings (SSSR count). The highest BCUT2D eigenvalue weighted by atomic mass is 19.1. The fraction of sp³-hybridized carbons (Fsp3) is 0.227. The van der Waals surface area contributed by atoms with Gasteiger partial charge in [-0.25, -0.2) is 13.8 Å². The largest absolute Gasteiger partial charge is 0.365 e. The first-order valence-electron chi connectivity index (χ1n) is 10.5. The molecule has 4 N–H and O–H groups in total. The average Bonchev–Trinajstić information content (AvgIpc) is 3.29. The highest BCUT2D eigenvalue weighted by Crippen LogP contribution is 2.25. The fourth-order valence-electron chi connectivity index (χ4n) is 3.67. The van der Waals surface area contributed by atoms with Crippen molar-refractivity contribution in [3.05, 3.63) is 66.6 Å². The fourth-order valence-corrected chi connectivity index (χ4v) is 3.67. The lowest BCUT2D eigenvalue weighted by atomic mass is 10.1. The van der Waals surface area contributed by atoms with Gasteiger partial charge in [0.05, 0.1) is 23.6 Å². The Labute approximate surface area is 193 Å². The molecule has 10 nitrogen and oxygen atoms in total. The van der Waals surface area contributed by atoms with Gasteiger partial charge in [-0.3, -0.25) is 14.3 Å². The molecule has 34 heavy (non-hydrogen) atoms. The van der Waals surface area contributed by atoms with Gasteiger partial charge in [-0.1, -0.05) is 6.58 Å². The van der Waals surface area contributed by atoms with Crippen molar-refractivity contribution in [1.29, 1.82) is 0 Å². The molecule has 3 heterocycles. The van der Waals surface area contributed by atoms with Crippen molar-refractivity contribution in [1.82, 2.24) is 24.6 Å². The molecule has 1 aromatic carbocycles. The van der Waals surface area contributed by atoms with E-state index < -0.39 is 17.5 Å². The number of piperidine rings is 1. The van der Waals surface area contributed by atoms with Crippen molar-refractivity contribution in [3.8, 4) is 0 Å². The van der Waals surface area contributed by atoms with Gasteiger partial charge in [-0.05, 0) is 31.1 Å².